The van der Waals surface area contributed by atoms with Crippen LogP contribution in [0.4, 0.5) is 5.82 Å². The van der Waals surface area contributed by atoms with Crippen LogP contribution in [0.1, 0.15) is 16.7 Å². The summed E-state index contributed by atoms with van der Waals surface area (Å²) in [6.45, 7) is 4.10. The van der Waals surface area contributed by atoms with Crippen LogP contribution >= 0.6 is 0 Å². The van der Waals surface area contributed by atoms with E-state index >= 15 is 0 Å². The maximum atomic E-state index is 9.45. The van der Waals surface area contributed by atoms with Crippen LogP contribution in [0.15, 0.2) is 47.6 Å². The second kappa shape index (κ2) is 5.96. The van der Waals surface area contributed by atoms with Crippen molar-refractivity contribution >= 4 is 22.9 Å². The van der Waals surface area contributed by atoms with Crippen LogP contribution in [0.25, 0.3) is 10.9 Å². The first-order valence-corrected chi connectivity index (χ1v) is 7.22. The SMILES string of the molecule is Cc1ccc2nc(NN=Cc3ccc(O)c(O)c3)cc(C)c2c1. The molecule has 23 heavy (non-hydrogen) atoms. The van der Waals surface area contributed by atoms with Gasteiger partial charge >= 0.3 is 0 Å². The molecular formula is C18H17N3O2. The first-order chi connectivity index (χ1) is 11.0. The smallest absolute Gasteiger partial charge is 0.158 e. The van der Waals surface area contributed by atoms with Gasteiger partial charge in [-0.15, -0.1) is 0 Å². The number of fused-ring (bicyclic) bond motifs is 1. The van der Waals surface area contributed by atoms with Crippen molar-refractivity contribution in [2.24, 2.45) is 5.10 Å². The zero-order chi connectivity index (χ0) is 16.4. The number of anilines is 1. The van der Waals surface area contributed by atoms with Gasteiger partial charge in [-0.3, -0.25) is 5.43 Å². The van der Waals surface area contributed by atoms with Gasteiger partial charge in [0.2, 0.25) is 0 Å². The van der Waals surface area contributed by atoms with E-state index in [4.69, 9.17) is 0 Å². The molecule has 0 aliphatic carbocycles. The van der Waals surface area contributed by atoms with Gasteiger partial charge in [-0.1, -0.05) is 11.6 Å². The van der Waals surface area contributed by atoms with Crippen molar-refractivity contribution in [2.75, 3.05) is 5.43 Å². The summed E-state index contributed by atoms with van der Waals surface area (Å²) < 4.78 is 0. The number of phenols is 2. The quantitative estimate of drug-likeness (QED) is 0.391. The Morgan fingerprint density at radius 2 is 1.83 bits per heavy atom. The summed E-state index contributed by atoms with van der Waals surface area (Å²) in [5, 5.41) is 24.0. The van der Waals surface area contributed by atoms with Crippen LogP contribution in [0.5, 0.6) is 11.5 Å². The van der Waals surface area contributed by atoms with Crippen molar-refractivity contribution in [1.29, 1.82) is 0 Å². The third-order valence-electron chi connectivity index (χ3n) is 3.56. The van der Waals surface area contributed by atoms with Crippen LogP contribution in [-0.2, 0) is 0 Å². The lowest BCUT2D eigenvalue weighted by molar-refractivity contribution is 0.403. The number of pyridine rings is 1. The highest BCUT2D eigenvalue weighted by atomic mass is 16.3. The molecule has 0 saturated heterocycles. The predicted molar refractivity (Wildman–Crippen MR) is 92.2 cm³/mol. The van der Waals surface area contributed by atoms with Crippen LogP contribution < -0.4 is 5.43 Å². The largest absolute Gasteiger partial charge is 0.504 e. The van der Waals surface area contributed by atoms with E-state index < -0.39 is 0 Å². The standard InChI is InChI=1S/C18H17N3O2/c1-11-3-5-15-14(7-11)12(2)8-18(20-15)21-19-10-13-4-6-16(22)17(23)9-13/h3-10,22-23H,1-2H3,(H,20,21). The number of benzene rings is 2. The van der Waals surface area contributed by atoms with Crippen LogP contribution in [0.3, 0.4) is 0 Å². The number of aromatic hydroxyl groups is 2. The van der Waals surface area contributed by atoms with E-state index in [1.54, 1.807) is 12.3 Å². The number of nitrogens with one attached hydrogen (secondary N) is 1. The van der Waals surface area contributed by atoms with Gasteiger partial charge in [0, 0.05) is 5.39 Å². The van der Waals surface area contributed by atoms with Gasteiger partial charge in [0.1, 0.15) is 5.82 Å². The Labute approximate surface area is 133 Å². The average molecular weight is 307 g/mol. The fraction of sp³-hybridized carbons (Fsp3) is 0.111. The summed E-state index contributed by atoms with van der Waals surface area (Å²) in [4.78, 5) is 4.53. The maximum absolute atomic E-state index is 9.45. The van der Waals surface area contributed by atoms with E-state index in [-0.39, 0.29) is 11.5 Å². The number of hydrogen-bond donors (Lipinski definition) is 3. The molecule has 0 spiro atoms. The summed E-state index contributed by atoms with van der Waals surface area (Å²) in [6, 6.07) is 12.6. The zero-order valence-corrected chi connectivity index (χ0v) is 12.9. The van der Waals surface area contributed by atoms with Gasteiger partial charge in [-0.25, -0.2) is 4.98 Å². The Morgan fingerprint density at radius 1 is 1.00 bits per heavy atom. The second-order valence-corrected chi connectivity index (χ2v) is 5.46. The molecule has 5 nitrogen and oxygen atoms in total. The fourth-order valence-corrected chi connectivity index (χ4v) is 2.36. The molecule has 0 unspecified atom stereocenters. The summed E-state index contributed by atoms with van der Waals surface area (Å²) in [5.41, 5.74) is 6.79. The number of aromatic nitrogens is 1. The number of phenolic OH excluding ortho intramolecular Hbond substituents is 2. The predicted octanol–water partition coefficient (Wildman–Crippen LogP) is 3.71. The summed E-state index contributed by atoms with van der Waals surface area (Å²) >= 11 is 0. The molecule has 0 amide bonds. The molecule has 3 N–H and O–H groups in total. The average Bonchev–Trinajstić information content (AvgIpc) is 2.52. The van der Waals surface area contributed by atoms with Crippen LogP contribution in [-0.4, -0.2) is 21.4 Å². The first kappa shape index (κ1) is 14.8. The number of hydrogen-bond acceptors (Lipinski definition) is 5. The zero-order valence-electron chi connectivity index (χ0n) is 12.9. The third kappa shape index (κ3) is 3.23. The minimum Gasteiger partial charge on any atom is -0.504 e. The van der Waals surface area contributed by atoms with E-state index in [0.717, 1.165) is 16.5 Å². The molecule has 3 rings (SSSR count). The Hall–Kier alpha value is -3.08. The number of hydrazone groups is 1. The Bertz CT molecular complexity index is 904. The molecule has 1 aromatic heterocycles. The monoisotopic (exact) mass is 307 g/mol. The van der Waals surface area contributed by atoms with E-state index in [9.17, 15) is 10.2 Å². The van der Waals surface area contributed by atoms with Gasteiger partial charge < -0.3 is 10.2 Å². The van der Waals surface area contributed by atoms with Crippen LogP contribution in [0, 0.1) is 13.8 Å². The molecule has 0 saturated carbocycles. The normalized spacial score (nSPS) is 11.2. The van der Waals surface area contributed by atoms with Crippen molar-refractivity contribution in [3.63, 3.8) is 0 Å². The molecule has 5 heteroatoms. The van der Waals surface area contributed by atoms with Gasteiger partial charge in [-0.2, -0.15) is 5.10 Å². The van der Waals surface area contributed by atoms with Crippen molar-refractivity contribution in [3.05, 3.63) is 59.2 Å². The minimum atomic E-state index is -0.177. The molecule has 116 valence electrons. The van der Waals surface area contributed by atoms with E-state index in [1.807, 2.05) is 25.1 Å². The van der Waals surface area contributed by atoms with Crippen molar-refractivity contribution in [1.82, 2.24) is 4.98 Å². The Balaban J connectivity index is 1.82. The Morgan fingerprint density at radius 3 is 2.61 bits per heavy atom. The molecule has 0 aliphatic rings. The number of nitrogens with zero attached hydrogens (tertiary/aromatic N) is 2. The van der Waals surface area contributed by atoms with Crippen molar-refractivity contribution in [3.8, 4) is 11.5 Å². The third-order valence-corrected chi connectivity index (χ3v) is 3.56. The van der Waals surface area contributed by atoms with Gasteiger partial charge in [0.25, 0.3) is 0 Å². The second-order valence-electron chi connectivity index (χ2n) is 5.46. The topological polar surface area (TPSA) is 77.7 Å². The summed E-state index contributed by atoms with van der Waals surface area (Å²) in [5.74, 6) is 0.319. The highest BCUT2D eigenvalue weighted by Gasteiger charge is 2.03. The molecule has 0 fully saturated rings. The molecular weight excluding hydrogens is 290 g/mol. The molecule has 0 aliphatic heterocycles. The highest BCUT2D eigenvalue weighted by molar-refractivity contribution is 5.85. The molecule has 0 atom stereocenters. The number of rotatable bonds is 3. The lowest BCUT2D eigenvalue weighted by Gasteiger charge is -2.06. The van der Waals surface area contributed by atoms with Crippen molar-refractivity contribution < 1.29 is 10.2 Å². The summed E-state index contributed by atoms with van der Waals surface area (Å²) in [7, 11) is 0. The summed E-state index contributed by atoms with van der Waals surface area (Å²) in [6.07, 6.45) is 1.55. The molecule has 1 heterocycles. The lowest BCUT2D eigenvalue weighted by atomic mass is 10.1. The lowest BCUT2D eigenvalue weighted by Crippen LogP contribution is -1.95. The maximum Gasteiger partial charge on any atom is 0.158 e. The van der Waals surface area contributed by atoms with Crippen LogP contribution in [0.2, 0.25) is 0 Å². The van der Waals surface area contributed by atoms with E-state index in [0.29, 0.717) is 11.4 Å². The highest BCUT2D eigenvalue weighted by Crippen LogP contribution is 2.24. The fourth-order valence-electron chi connectivity index (χ4n) is 2.36. The van der Waals surface area contributed by atoms with Gasteiger partial charge in [-0.05, 0) is 61.4 Å². The van der Waals surface area contributed by atoms with Crippen molar-refractivity contribution in [2.45, 2.75) is 13.8 Å². The molecule has 3 aromatic rings. The number of aryl methyl sites for hydroxylation is 2. The molecule has 2 aromatic carbocycles. The Kier molecular flexibility index (Phi) is 3.85. The van der Waals surface area contributed by atoms with Gasteiger partial charge in [0.15, 0.2) is 11.5 Å². The first-order valence-electron chi connectivity index (χ1n) is 7.22. The van der Waals surface area contributed by atoms with Gasteiger partial charge in [0.05, 0.1) is 11.7 Å². The molecule has 0 bridgehead atoms. The molecule has 0 radical (unpaired) electrons. The van der Waals surface area contributed by atoms with E-state index in [2.05, 4.69) is 28.5 Å². The minimum absolute atomic E-state index is 0.155. The van der Waals surface area contributed by atoms with E-state index in [1.165, 1.54) is 17.7 Å².